The highest BCUT2D eigenvalue weighted by atomic mass is 32.2. The maximum atomic E-state index is 5.09. The fraction of sp³-hybridized carbons (Fsp3) is 0.650. The zero-order valence-electron chi connectivity index (χ0n) is 17.0. The summed E-state index contributed by atoms with van der Waals surface area (Å²) >= 11 is 2.04. The van der Waals surface area contributed by atoms with E-state index >= 15 is 0 Å². The lowest BCUT2D eigenvalue weighted by Gasteiger charge is -2.28. The largest absolute Gasteiger partial charge is 0.385 e. The van der Waals surface area contributed by atoms with E-state index in [1.54, 1.807) is 7.11 Å². The van der Waals surface area contributed by atoms with Gasteiger partial charge in [-0.15, -0.1) is 0 Å². The number of thioether (sulfide) groups is 1. The lowest BCUT2D eigenvalue weighted by Crippen LogP contribution is -2.40. The highest BCUT2D eigenvalue weighted by Crippen LogP contribution is 2.19. The minimum Gasteiger partial charge on any atom is -0.385 e. The van der Waals surface area contributed by atoms with Crippen molar-refractivity contribution in [1.82, 2.24) is 15.5 Å². The molecule has 7 heteroatoms. The van der Waals surface area contributed by atoms with E-state index in [-0.39, 0.29) is 0 Å². The number of ether oxygens (including phenoxy) is 1. The van der Waals surface area contributed by atoms with Gasteiger partial charge in [-0.05, 0) is 31.2 Å². The van der Waals surface area contributed by atoms with Gasteiger partial charge in [-0.25, -0.2) is 0 Å². The number of hydrogen-bond acceptors (Lipinski definition) is 5. The van der Waals surface area contributed by atoms with Crippen LogP contribution in [0.15, 0.2) is 29.3 Å². The number of nitrogens with one attached hydrogen (secondary N) is 2. The summed E-state index contributed by atoms with van der Waals surface area (Å²) in [6, 6.07) is 8.89. The molecule has 2 N–H and O–H groups in total. The van der Waals surface area contributed by atoms with Crippen LogP contribution in [0.2, 0.25) is 0 Å². The Morgan fingerprint density at radius 1 is 1.19 bits per heavy atom. The molecule has 0 aromatic heterocycles. The van der Waals surface area contributed by atoms with Gasteiger partial charge in [0.2, 0.25) is 0 Å². The van der Waals surface area contributed by atoms with Crippen molar-refractivity contribution in [2.24, 2.45) is 4.99 Å². The van der Waals surface area contributed by atoms with Crippen LogP contribution in [0.5, 0.6) is 0 Å². The molecular weight excluding hydrogens is 358 g/mol. The normalized spacial score (nSPS) is 15.3. The number of anilines is 1. The van der Waals surface area contributed by atoms with E-state index in [0.29, 0.717) is 0 Å². The number of rotatable bonds is 10. The predicted molar refractivity (Wildman–Crippen MR) is 118 cm³/mol. The maximum Gasteiger partial charge on any atom is 0.191 e. The molecule has 0 radical (unpaired) electrons. The summed E-state index contributed by atoms with van der Waals surface area (Å²) in [5, 5.41) is 6.77. The van der Waals surface area contributed by atoms with Gasteiger partial charge in [0.15, 0.2) is 5.96 Å². The number of benzene rings is 1. The molecule has 0 bridgehead atoms. The first-order chi connectivity index (χ1) is 13.2. The molecule has 1 aliphatic rings. The summed E-state index contributed by atoms with van der Waals surface area (Å²) < 4.78 is 5.09. The Balaban J connectivity index is 1.67. The smallest absolute Gasteiger partial charge is 0.191 e. The van der Waals surface area contributed by atoms with Gasteiger partial charge in [-0.2, -0.15) is 11.8 Å². The molecule has 1 saturated heterocycles. The Morgan fingerprint density at radius 2 is 1.93 bits per heavy atom. The standard InChI is InChI=1S/C20H35N5OS/c1-21-20(22-9-11-24(2)10-4-14-26-3)23-17-18-5-7-19(8-6-18)25-12-15-27-16-13-25/h5-8H,4,9-17H2,1-3H3,(H2,21,22,23). The Bertz CT molecular complexity index is 546. The van der Waals surface area contributed by atoms with E-state index in [9.17, 15) is 0 Å². The Labute approximate surface area is 168 Å². The van der Waals surface area contributed by atoms with Crippen LogP contribution in [0.1, 0.15) is 12.0 Å². The van der Waals surface area contributed by atoms with Gasteiger partial charge in [-0.3, -0.25) is 4.99 Å². The molecule has 27 heavy (non-hydrogen) atoms. The molecule has 1 aromatic rings. The first-order valence-electron chi connectivity index (χ1n) is 9.76. The van der Waals surface area contributed by atoms with Gasteiger partial charge in [0, 0.05) is 77.2 Å². The zero-order chi connectivity index (χ0) is 19.3. The van der Waals surface area contributed by atoms with Crippen LogP contribution in [-0.2, 0) is 11.3 Å². The molecule has 152 valence electrons. The van der Waals surface area contributed by atoms with Gasteiger partial charge in [0.1, 0.15) is 0 Å². The van der Waals surface area contributed by atoms with Crippen LogP contribution < -0.4 is 15.5 Å². The van der Waals surface area contributed by atoms with Gasteiger partial charge < -0.3 is 25.2 Å². The Hall–Kier alpha value is -1.44. The molecule has 0 spiro atoms. The quantitative estimate of drug-likeness (QED) is 0.360. The summed E-state index contributed by atoms with van der Waals surface area (Å²) in [5.74, 6) is 3.30. The molecular formula is C20H35N5OS. The Morgan fingerprint density at radius 3 is 2.59 bits per heavy atom. The summed E-state index contributed by atoms with van der Waals surface area (Å²) in [6.45, 7) is 6.79. The molecule has 2 rings (SSSR count). The van der Waals surface area contributed by atoms with Crippen molar-refractivity contribution in [3.63, 3.8) is 0 Å². The van der Waals surface area contributed by atoms with Crippen molar-refractivity contribution >= 4 is 23.4 Å². The van der Waals surface area contributed by atoms with Crippen molar-refractivity contribution in [2.45, 2.75) is 13.0 Å². The average molecular weight is 394 g/mol. The van der Waals surface area contributed by atoms with Crippen molar-refractivity contribution in [2.75, 3.05) is 76.9 Å². The zero-order valence-corrected chi connectivity index (χ0v) is 17.9. The van der Waals surface area contributed by atoms with Crippen LogP contribution in [0.4, 0.5) is 5.69 Å². The minimum atomic E-state index is 0.777. The van der Waals surface area contributed by atoms with Crippen LogP contribution in [-0.4, -0.2) is 82.9 Å². The molecule has 0 saturated carbocycles. The lowest BCUT2D eigenvalue weighted by molar-refractivity contribution is 0.180. The maximum absolute atomic E-state index is 5.09. The molecule has 1 fully saturated rings. The highest BCUT2D eigenvalue weighted by molar-refractivity contribution is 7.99. The third kappa shape index (κ3) is 8.41. The van der Waals surface area contributed by atoms with E-state index in [2.05, 4.69) is 56.7 Å². The fourth-order valence-electron chi connectivity index (χ4n) is 3.01. The lowest BCUT2D eigenvalue weighted by atomic mass is 10.2. The van der Waals surface area contributed by atoms with E-state index in [4.69, 9.17) is 4.74 Å². The van der Waals surface area contributed by atoms with E-state index in [0.717, 1.165) is 58.3 Å². The number of aliphatic imine (C=N–C) groups is 1. The first kappa shape index (κ1) is 21.9. The van der Waals surface area contributed by atoms with E-state index in [1.165, 1.54) is 22.8 Å². The van der Waals surface area contributed by atoms with Gasteiger partial charge in [0.05, 0.1) is 0 Å². The third-order valence-electron chi connectivity index (χ3n) is 4.67. The van der Waals surface area contributed by atoms with Crippen molar-refractivity contribution in [3.8, 4) is 0 Å². The number of likely N-dealkylation sites (N-methyl/N-ethyl adjacent to an activating group) is 1. The number of nitrogens with zero attached hydrogens (tertiary/aromatic N) is 3. The minimum absolute atomic E-state index is 0.777. The second-order valence-corrected chi connectivity index (χ2v) is 7.99. The molecule has 6 nitrogen and oxygen atoms in total. The molecule has 0 aliphatic carbocycles. The second-order valence-electron chi connectivity index (χ2n) is 6.77. The van der Waals surface area contributed by atoms with Crippen LogP contribution in [0, 0.1) is 0 Å². The Kier molecular flexibility index (Phi) is 10.4. The van der Waals surface area contributed by atoms with E-state index < -0.39 is 0 Å². The number of methoxy groups -OCH3 is 1. The number of guanidine groups is 1. The second kappa shape index (κ2) is 12.9. The summed E-state index contributed by atoms with van der Waals surface area (Å²) in [7, 11) is 5.70. The van der Waals surface area contributed by atoms with Crippen molar-refractivity contribution in [1.29, 1.82) is 0 Å². The van der Waals surface area contributed by atoms with Crippen LogP contribution >= 0.6 is 11.8 Å². The predicted octanol–water partition coefficient (Wildman–Crippen LogP) is 1.87. The molecule has 0 amide bonds. The monoisotopic (exact) mass is 393 g/mol. The SMILES string of the molecule is CN=C(NCCN(C)CCCOC)NCc1ccc(N2CCSCC2)cc1. The first-order valence-corrected chi connectivity index (χ1v) is 10.9. The highest BCUT2D eigenvalue weighted by Gasteiger charge is 2.10. The molecule has 1 aliphatic heterocycles. The summed E-state index contributed by atoms with van der Waals surface area (Å²) in [5.41, 5.74) is 2.60. The molecule has 1 aromatic carbocycles. The van der Waals surface area contributed by atoms with Gasteiger partial charge in [-0.1, -0.05) is 12.1 Å². The fourth-order valence-corrected chi connectivity index (χ4v) is 3.91. The summed E-state index contributed by atoms with van der Waals surface area (Å²) in [4.78, 5) is 9.08. The topological polar surface area (TPSA) is 52.1 Å². The summed E-state index contributed by atoms with van der Waals surface area (Å²) in [6.07, 6.45) is 1.06. The van der Waals surface area contributed by atoms with Gasteiger partial charge in [0.25, 0.3) is 0 Å². The third-order valence-corrected chi connectivity index (χ3v) is 5.61. The van der Waals surface area contributed by atoms with Gasteiger partial charge >= 0.3 is 0 Å². The van der Waals surface area contributed by atoms with Crippen LogP contribution in [0.3, 0.4) is 0 Å². The molecule has 0 unspecified atom stereocenters. The van der Waals surface area contributed by atoms with Crippen LogP contribution in [0.25, 0.3) is 0 Å². The molecule has 1 heterocycles. The number of hydrogen-bond donors (Lipinski definition) is 2. The van der Waals surface area contributed by atoms with Crippen molar-refractivity contribution in [3.05, 3.63) is 29.8 Å². The molecule has 0 atom stereocenters. The van der Waals surface area contributed by atoms with E-state index in [1.807, 2.05) is 18.8 Å². The van der Waals surface area contributed by atoms with Crippen molar-refractivity contribution < 1.29 is 4.74 Å². The average Bonchev–Trinajstić information content (AvgIpc) is 2.72.